The predicted molar refractivity (Wildman–Crippen MR) is 91.5 cm³/mol. The van der Waals surface area contributed by atoms with Crippen LogP contribution in [0.3, 0.4) is 0 Å². The van der Waals surface area contributed by atoms with E-state index in [9.17, 15) is 9.18 Å². The van der Waals surface area contributed by atoms with Gasteiger partial charge in [-0.2, -0.15) is 5.10 Å². The highest BCUT2D eigenvalue weighted by molar-refractivity contribution is 6.00. The van der Waals surface area contributed by atoms with E-state index in [1.54, 1.807) is 23.9 Å². The van der Waals surface area contributed by atoms with Crippen LogP contribution >= 0.6 is 0 Å². The Hall–Kier alpha value is -3.14. The number of aryl methyl sites for hydroxylation is 1. The minimum Gasteiger partial charge on any atom is -0.355 e. The standard InChI is InChI=1S/C17H18FN5O/c1-5-13-10-21-17(20-6-2)23(13)22-11(3)12-7-8-14(15(18)9-12)16(24)19-4/h2,7-10H,5H2,1,3-4H3,(H,19,24)(H,20,21)/b22-11+. The Morgan fingerprint density at radius 3 is 2.83 bits per heavy atom. The number of nitrogens with zero attached hydrogens (tertiary/aromatic N) is 3. The lowest BCUT2D eigenvalue weighted by molar-refractivity contribution is 0.0959. The van der Waals surface area contributed by atoms with Crippen molar-refractivity contribution in [2.45, 2.75) is 20.3 Å². The summed E-state index contributed by atoms with van der Waals surface area (Å²) in [6.07, 6.45) is 7.63. The second-order valence-corrected chi connectivity index (χ2v) is 4.97. The van der Waals surface area contributed by atoms with Crippen molar-refractivity contribution in [3.05, 3.63) is 47.0 Å². The van der Waals surface area contributed by atoms with Crippen LogP contribution in [-0.2, 0) is 6.42 Å². The van der Waals surface area contributed by atoms with Gasteiger partial charge in [-0.3, -0.25) is 10.1 Å². The number of terminal acetylenes is 1. The summed E-state index contributed by atoms with van der Waals surface area (Å²) in [7, 11) is 1.45. The Bertz CT molecular complexity index is 832. The Morgan fingerprint density at radius 1 is 1.50 bits per heavy atom. The Balaban J connectivity index is 2.42. The average Bonchev–Trinajstić information content (AvgIpc) is 2.96. The van der Waals surface area contributed by atoms with Crippen molar-refractivity contribution in [1.82, 2.24) is 15.0 Å². The van der Waals surface area contributed by atoms with Crippen LogP contribution in [0.25, 0.3) is 0 Å². The summed E-state index contributed by atoms with van der Waals surface area (Å²) in [6, 6.07) is 6.65. The lowest BCUT2D eigenvalue weighted by Crippen LogP contribution is -2.19. The molecule has 1 heterocycles. The molecule has 2 N–H and O–H groups in total. The van der Waals surface area contributed by atoms with E-state index in [4.69, 9.17) is 6.42 Å². The number of anilines is 1. The van der Waals surface area contributed by atoms with E-state index in [2.05, 4.69) is 26.8 Å². The smallest absolute Gasteiger partial charge is 0.253 e. The van der Waals surface area contributed by atoms with Gasteiger partial charge in [-0.1, -0.05) is 19.4 Å². The molecule has 2 aromatic rings. The van der Waals surface area contributed by atoms with Gasteiger partial charge in [-0.05, 0) is 25.5 Å². The maximum atomic E-state index is 14.1. The lowest BCUT2D eigenvalue weighted by Gasteiger charge is -2.08. The molecule has 0 fully saturated rings. The first-order valence-corrected chi connectivity index (χ1v) is 7.37. The predicted octanol–water partition coefficient (Wildman–Crippen LogP) is 2.22. The highest BCUT2D eigenvalue weighted by Crippen LogP contribution is 2.15. The van der Waals surface area contributed by atoms with Crippen LogP contribution in [0.5, 0.6) is 0 Å². The minimum atomic E-state index is -0.607. The van der Waals surface area contributed by atoms with Gasteiger partial charge >= 0.3 is 0 Å². The molecule has 1 amide bonds. The Labute approximate surface area is 139 Å². The summed E-state index contributed by atoms with van der Waals surface area (Å²) < 4.78 is 15.7. The Morgan fingerprint density at radius 2 is 2.25 bits per heavy atom. The molecule has 6 nitrogen and oxygen atoms in total. The number of carbonyl (C=O) groups excluding carboxylic acids is 1. The van der Waals surface area contributed by atoms with E-state index >= 15 is 0 Å². The van der Waals surface area contributed by atoms with E-state index in [1.165, 1.54) is 19.2 Å². The molecule has 124 valence electrons. The molecule has 0 atom stereocenters. The van der Waals surface area contributed by atoms with Crippen LogP contribution in [-0.4, -0.2) is 28.3 Å². The molecule has 1 aromatic heterocycles. The fourth-order valence-electron chi connectivity index (χ4n) is 2.15. The summed E-state index contributed by atoms with van der Waals surface area (Å²) in [5, 5.41) is 9.53. The molecule has 0 saturated heterocycles. The fourth-order valence-corrected chi connectivity index (χ4v) is 2.15. The zero-order chi connectivity index (χ0) is 17.7. The zero-order valence-electron chi connectivity index (χ0n) is 13.7. The van der Waals surface area contributed by atoms with Gasteiger partial charge in [0.1, 0.15) is 5.82 Å². The number of aromatic nitrogens is 2. The number of rotatable bonds is 5. The number of imidazole rings is 1. The van der Waals surface area contributed by atoms with Crippen LogP contribution in [0.4, 0.5) is 10.3 Å². The van der Waals surface area contributed by atoms with E-state index in [-0.39, 0.29) is 5.56 Å². The van der Waals surface area contributed by atoms with Gasteiger partial charge in [0.05, 0.1) is 23.2 Å². The number of benzene rings is 1. The number of halogens is 1. The van der Waals surface area contributed by atoms with Crippen molar-refractivity contribution >= 4 is 17.6 Å². The number of carbonyl (C=O) groups is 1. The van der Waals surface area contributed by atoms with Crippen molar-refractivity contribution in [1.29, 1.82) is 0 Å². The third-order valence-electron chi connectivity index (χ3n) is 3.46. The summed E-state index contributed by atoms with van der Waals surface area (Å²) >= 11 is 0. The van der Waals surface area contributed by atoms with E-state index in [1.807, 2.05) is 6.92 Å². The number of nitrogens with one attached hydrogen (secondary N) is 2. The van der Waals surface area contributed by atoms with E-state index < -0.39 is 11.7 Å². The van der Waals surface area contributed by atoms with Crippen molar-refractivity contribution in [2.75, 3.05) is 12.4 Å². The van der Waals surface area contributed by atoms with Gasteiger partial charge in [0.15, 0.2) is 0 Å². The molecule has 1 aromatic carbocycles. The summed E-state index contributed by atoms with van der Waals surface area (Å²) in [5.41, 5.74) is 1.96. The van der Waals surface area contributed by atoms with Crippen molar-refractivity contribution < 1.29 is 9.18 Å². The van der Waals surface area contributed by atoms with Crippen molar-refractivity contribution in [3.8, 4) is 12.5 Å². The van der Waals surface area contributed by atoms with Crippen LogP contribution in [0, 0.1) is 18.3 Å². The SMILES string of the molecule is C#CNc1ncc(CC)n1/N=C(\C)c1ccc(C(=O)NC)c(F)c1. The number of amides is 1. The third kappa shape index (κ3) is 3.43. The molecular formula is C17H18FN5O. The minimum absolute atomic E-state index is 0.0133. The van der Waals surface area contributed by atoms with Crippen LogP contribution in [0.1, 0.15) is 35.5 Å². The van der Waals surface area contributed by atoms with Crippen LogP contribution < -0.4 is 10.6 Å². The molecule has 7 heteroatoms. The maximum Gasteiger partial charge on any atom is 0.253 e. The number of hydrogen-bond acceptors (Lipinski definition) is 4. The van der Waals surface area contributed by atoms with E-state index in [0.29, 0.717) is 23.6 Å². The zero-order valence-corrected chi connectivity index (χ0v) is 13.7. The largest absolute Gasteiger partial charge is 0.355 e. The molecule has 0 radical (unpaired) electrons. The topological polar surface area (TPSA) is 71.3 Å². The second-order valence-electron chi connectivity index (χ2n) is 4.97. The van der Waals surface area contributed by atoms with Gasteiger partial charge in [-0.25, -0.2) is 14.1 Å². The fraction of sp³-hybridized carbons (Fsp3) is 0.235. The van der Waals surface area contributed by atoms with Crippen LogP contribution in [0.2, 0.25) is 0 Å². The first-order valence-electron chi connectivity index (χ1n) is 7.37. The van der Waals surface area contributed by atoms with Gasteiger partial charge in [0.25, 0.3) is 5.91 Å². The lowest BCUT2D eigenvalue weighted by atomic mass is 10.1. The number of hydrogen-bond donors (Lipinski definition) is 2. The van der Waals surface area contributed by atoms with Gasteiger partial charge in [0.2, 0.25) is 5.95 Å². The molecular weight excluding hydrogens is 309 g/mol. The normalized spacial score (nSPS) is 11.0. The van der Waals surface area contributed by atoms with Gasteiger partial charge in [0, 0.05) is 18.7 Å². The molecule has 24 heavy (non-hydrogen) atoms. The first kappa shape index (κ1) is 17.2. The molecule has 0 aliphatic carbocycles. The van der Waals surface area contributed by atoms with E-state index in [0.717, 1.165) is 5.69 Å². The monoisotopic (exact) mass is 327 g/mol. The van der Waals surface area contributed by atoms with Crippen molar-refractivity contribution in [2.24, 2.45) is 5.10 Å². The molecule has 0 aliphatic heterocycles. The van der Waals surface area contributed by atoms with Crippen molar-refractivity contribution in [3.63, 3.8) is 0 Å². The molecule has 0 unspecified atom stereocenters. The third-order valence-corrected chi connectivity index (χ3v) is 3.46. The average molecular weight is 327 g/mol. The maximum absolute atomic E-state index is 14.1. The summed E-state index contributed by atoms with van der Waals surface area (Å²) in [4.78, 5) is 15.7. The highest BCUT2D eigenvalue weighted by Gasteiger charge is 2.13. The molecule has 0 saturated carbocycles. The summed E-state index contributed by atoms with van der Waals surface area (Å²) in [5.74, 6) is -0.669. The first-order chi connectivity index (χ1) is 11.5. The van der Waals surface area contributed by atoms with Gasteiger partial charge < -0.3 is 5.32 Å². The second kappa shape index (κ2) is 7.42. The van der Waals surface area contributed by atoms with Crippen LogP contribution in [0.15, 0.2) is 29.5 Å². The summed E-state index contributed by atoms with van der Waals surface area (Å²) in [6.45, 7) is 3.71. The highest BCUT2D eigenvalue weighted by atomic mass is 19.1. The molecule has 0 aliphatic rings. The molecule has 0 bridgehead atoms. The quantitative estimate of drug-likeness (QED) is 0.502. The van der Waals surface area contributed by atoms with Gasteiger partial charge in [-0.15, -0.1) is 0 Å². The Kier molecular flexibility index (Phi) is 5.32. The molecule has 2 rings (SSSR count). The molecule has 0 spiro atoms.